The normalized spacial score (nSPS) is 34.1. The molecule has 0 unspecified atom stereocenters. The fraction of sp³-hybridized carbons (Fsp3) is 0.909. The third-order valence-electron chi connectivity index (χ3n) is 6.96. The van der Waals surface area contributed by atoms with Crippen LogP contribution in [0.2, 0.25) is 0 Å². The van der Waals surface area contributed by atoms with Gasteiger partial charge in [0.2, 0.25) is 11.8 Å². The molecule has 0 radical (unpaired) electrons. The second kappa shape index (κ2) is 17.9. The van der Waals surface area contributed by atoms with E-state index in [1.165, 1.54) is 0 Å². The van der Waals surface area contributed by atoms with Crippen LogP contribution in [0.25, 0.3) is 0 Å². The zero-order chi connectivity index (χ0) is 36.7. The van der Waals surface area contributed by atoms with Crippen molar-refractivity contribution < 1.29 is 104 Å². The van der Waals surface area contributed by atoms with E-state index in [4.69, 9.17) is 28.1 Å². The summed E-state index contributed by atoms with van der Waals surface area (Å²) in [4.78, 5) is 24.1. The molecule has 24 nitrogen and oxygen atoms in total. The molecule has 48 heavy (non-hydrogen) atoms. The zero-order valence-corrected chi connectivity index (χ0v) is 26.7. The Labute approximate surface area is 273 Å². The summed E-state index contributed by atoms with van der Waals surface area (Å²) >= 11 is 0. The van der Waals surface area contributed by atoms with Crippen LogP contribution >= 0.6 is 0 Å². The van der Waals surface area contributed by atoms with Crippen molar-refractivity contribution in [2.75, 3.05) is 26.4 Å². The van der Waals surface area contributed by atoms with Gasteiger partial charge in [-0.25, -0.2) is 8.37 Å². The van der Waals surface area contributed by atoms with Crippen molar-refractivity contribution in [1.29, 1.82) is 0 Å². The van der Waals surface area contributed by atoms with Gasteiger partial charge >= 0.3 is 20.8 Å². The van der Waals surface area contributed by atoms with Crippen LogP contribution in [0.3, 0.4) is 0 Å². The summed E-state index contributed by atoms with van der Waals surface area (Å²) in [6, 6.07) is -3.41. The Morgan fingerprint density at radius 2 is 1.29 bits per heavy atom. The predicted octanol–water partition coefficient (Wildman–Crippen LogP) is -8.00. The van der Waals surface area contributed by atoms with Crippen LogP contribution in [-0.2, 0) is 57.7 Å². The lowest BCUT2D eigenvalue weighted by Crippen LogP contribution is -2.69. The second-order valence-electron chi connectivity index (χ2n) is 10.6. The van der Waals surface area contributed by atoms with E-state index >= 15 is 0 Å². The molecule has 14 atom stereocenters. The molecule has 2 fully saturated rings. The first-order valence-electron chi connectivity index (χ1n) is 13.8. The maximum Gasteiger partial charge on any atom is 0.397 e. The SMILES string of the molecule is CC(=O)N[C@H]1[C@H](O[C@@H]([C@@H](O)[C@H](O)CO)[C@H](CO)NC(C)=O)O[C@H](COS(=O)(=O)O)[C@@H](O)[C@@H]1O[C@@H]1O[C@H](COS(=O)(=O)O)[C@H](O)[C@H](O)[C@H]1O. The van der Waals surface area contributed by atoms with E-state index in [0.29, 0.717) is 0 Å². The molecule has 0 aliphatic carbocycles. The highest BCUT2D eigenvalue weighted by Gasteiger charge is 2.53. The molecule has 0 aromatic carbocycles. The van der Waals surface area contributed by atoms with Crippen LogP contribution in [-0.4, -0.2) is 191 Å². The summed E-state index contributed by atoms with van der Waals surface area (Å²) in [6.07, 6.45) is -24.6. The minimum Gasteiger partial charge on any atom is -0.394 e. The van der Waals surface area contributed by atoms with Crippen molar-refractivity contribution in [3.8, 4) is 0 Å². The zero-order valence-electron chi connectivity index (χ0n) is 25.1. The Hall–Kier alpha value is -1.80. The molecule has 2 aliphatic heterocycles. The molecule has 2 amide bonds. The van der Waals surface area contributed by atoms with Gasteiger partial charge in [-0.3, -0.25) is 18.7 Å². The third-order valence-corrected chi connectivity index (χ3v) is 7.82. The van der Waals surface area contributed by atoms with Crippen LogP contribution in [0.4, 0.5) is 0 Å². The highest BCUT2D eigenvalue weighted by molar-refractivity contribution is 7.81. The Kier molecular flexibility index (Phi) is 15.8. The standard InChI is InChI=1S/C22H40N2O22S2/c1-7(27)23-9(3-25)19(14(30)10(29)4-26)45-21-13(24-8(2)28)20(16(32)12(43-21)6-42-48(38,39)40)46-22-18(34)17(33)15(31)11(44-22)5-41-47(35,36)37/h9-22,25-26,29-34H,3-6H2,1-2H3,(H,23,27)(H,24,28)(H,35,36,37)(H,38,39,40)/t9-,10+,11+,12+,13+,14-,15-,16+,17-,18+,19+,20+,21-,22-/m0/s1. The molecule has 2 saturated heterocycles. The second-order valence-corrected chi connectivity index (χ2v) is 12.8. The molecule has 2 aliphatic rings. The van der Waals surface area contributed by atoms with Gasteiger partial charge in [0.25, 0.3) is 0 Å². The van der Waals surface area contributed by atoms with Gasteiger partial charge in [-0.1, -0.05) is 0 Å². The summed E-state index contributed by atoms with van der Waals surface area (Å²) in [5.74, 6) is -1.69. The van der Waals surface area contributed by atoms with E-state index in [1.807, 2.05) is 0 Å². The van der Waals surface area contributed by atoms with Crippen molar-refractivity contribution in [2.24, 2.45) is 0 Å². The molecule has 2 heterocycles. The maximum atomic E-state index is 12.3. The number of aliphatic hydroxyl groups is 8. The molecule has 0 aromatic rings. The monoisotopic (exact) mass is 748 g/mol. The lowest BCUT2D eigenvalue weighted by molar-refractivity contribution is -0.349. The van der Waals surface area contributed by atoms with E-state index in [-0.39, 0.29) is 0 Å². The molecule has 0 spiro atoms. The highest BCUT2D eigenvalue weighted by atomic mass is 32.3. The largest absolute Gasteiger partial charge is 0.397 e. The Morgan fingerprint density at radius 1 is 0.771 bits per heavy atom. The lowest BCUT2D eigenvalue weighted by Gasteiger charge is -2.48. The van der Waals surface area contributed by atoms with Gasteiger partial charge in [0, 0.05) is 13.8 Å². The molecule has 12 N–H and O–H groups in total. The number of aliphatic hydroxyl groups excluding tert-OH is 8. The summed E-state index contributed by atoms with van der Waals surface area (Å²) < 4.78 is 93.3. The van der Waals surface area contributed by atoms with Crippen LogP contribution < -0.4 is 10.6 Å². The van der Waals surface area contributed by atoms with Gasteiger partial charge in [0.15, 0.2) is 12.6 Å². The molecular weight excluding hydrogens is 708 g/mol. The number of hydrogen-bond donors (Lipinski definition) is 12. The molecule has 0 saturated carbocycles. The number of rotatable bonds is 17. The highest BCUT2D eigenvalue weighted by Crippen LogP contribution is 2.31. The first-order valence-corrected chi connectivity index (χ1v) is 16.5. The predicted molar refractivity (Wildman–Crippen MR) is 147 cm³/mol. The van der Waals surface area contributed by atoms with Crippen LogP contribution in [0, 0.1) is 0 Å². The molecular formula is C22H40N2O22S2. The number of hydrogen-bond acceptors (Lipinski definition) is 20. The molecule has 0 bridgehead atoms. The fourth-order valence-corrected chi connectivity index (χ4v) is 5.35. The van der Waals surface area contributed by atoms with Crippen LogP contribution in [0.5, 0.6) is 0 Å². The minimum absolute atomic E-state index is 0.788. The smallest absolute Gasteiger partial charge is 0.394 e. The topological polar surface area (TPSA) is 384 Å². The van der Waals surface area contributed by atoms with E-state index in [2.05, 4.69) is 19.0 Å². The number of ether oxygens (including phenoxy) is 4. The summed E-state index contributed by atoms with van der Waals surface area (Å²) in [6.45, 7) is -2.48. The van der Waals surface area contributed by atoms with Gasteiger partial charge < -0.3 is 70.4 Å². The summed E-state index contributed by atoms with van der Waals surface area (Å²) in [5, 5.41) is 87.0. The van der Waals surface area contributed by atoms with E-state index in [0.717, 1.165) is 13.8 Å². The number of amides is 2. The van der Waals surface area contributed by atoms with Crippen molar-refractivity contribution in [3.63, 3.8) is 0 Å². The van der Waals surface area contributed by atoms with E-state index in [9.17, 15) is 67.3 Å². The van der Waals surface area contributed by atoms with Gasteiger partial charge in [-0.05, 0) is 0 Å². The average molecular weight is 749 g/mol. The van der Waals surface area contributed by atoms with Gasteiger partial charge in [-0.2, -0.15) is 16.8 Å². The van der Waals surface area contributed by atoms with E-state index in [1.54, 1.807) is 0 Å². The van der Waals surface area contributed by atoms with Gasteiger partial charge in [0.1, 0.15) is 67.1 Å². The number of carbonyl (C=O) groups is 2. The average Bonchev–Trinajstić information content (AvgIpc) is 2.98. The Balaban J connectivity index is 2.59. The third kappa shape index (κ3) is 12.2. The quantitative estimate of drug-likeness (QED) is 0.0614. The van der Waals surface area contributed by atoms with E-state index < -0.39 is 145 Å². The Bertz CT molecular complexity index is 1270. The number of carbonyl (C=O) groups excluding carboxylic acids is 2. The number of nitrogens with one attached hydrogen (secondary N) is 2. The van der Waals surface area contributed by atoms with Crippen molar-refractivity contribution in [3.05, 3.63) is 0 Å². The first-order chi connectivity index (χ1) is 22.1. The van der Waals surface area contributed by atoms with Gasteiger partial charge in [-0.15, -0.1) is 0 Å². The molecule has 0 aromatic heterocycles. The summed E-state index contributed by atoms with van der Waals surface area (Å²) in [5.41, 5.74) is 0. The van der Waals surface area contributed by atoms with Crippen molar-refractivity contribution in [1.82, 2.24) is 10.6 Å². The summed E-state index contributed by atoms with van der Waals surface area (Å²) in [7, 11) is -10.3. The van der Waals surface area contributed by atoms with Crippen LogP contribution in [0.1, 0.15) is 13.8 Å². The molecule has 282 valence electrons. The molecule has 26 heteroatoms. The van der Waals surface area contributed by atoms with Crippen LogP contribution in [0.15, 0.2) is 0 Å². The first kappa shape index (κ1) is 42.4. The maximum absolute atomic E-state index is 12.3. The molecule has 2 rings (SSSR count). The van der Waals surface area contributed by atoms with Crippen molar-refractivity contribution >= 4 is 32.6 Å². The van der Waals surface area contributed by atoms with Crippen molar-refractivity contribution in [2.45, 2.75) is 99.6 Å². The lowest BCUT2D eigenvalue weighted by atomic mass is 9.94. The fourth-order valence-electron chi connectivity index (χ4n) is 4.74. The Morgan fingerprint density at radius 3 is 1.75 bits per heavy atom. The minimum atomic E-state index is -5.20. The van der Waals surface area contributed by atoms with Gasteiger partial charge in [0.05, 0.1) is 32.5 Å².